The SMILES string of the molecule is COc1ccc(C=C(NC(=O)c2ccccc2)C(=O)NN=Cc2ccc(-c3cc(Cl)ccc3Cl)o2)cc1OC. The zero-order chi connectivity index (χ0) is 27.8. The number of carbonyl (C=O) groups excluding carboxylic acids is 2. The highest BCUT2D eigenvalue weighted by molar-refractivity contribution is 6.35. The van der Waals surface area contributed by atoms with Gasteiger partial charge in [-0.1, -0.05) is 47.5 Å². The lowest BCUT2D eigenvalue weighted by Crippen LogP contribution is -2.32. The van der Waals surface area contributed by atoms with Crippen LogP contribution >= 0.6 is 23.2 Å². The van der Waals surface area contributed by atoms with E-state index in [2.05, 4.69) is 15.8 Å². The van der Waals surface area contributed by atoms with Gasteiger partial charge in [0.15, 0.2) is 11.5 Å². The molecule has 0 spiro atoms. The van der Waals surface area contributed by atoms with E-state index in [0.717, 1.165) is 0 Å². The van der Waals surface area contributed by atoms with Gasteiger partial charge >= 0.3 is 0 Å². The fourth-order valence-corrected chi connectivity index (χ4v) is 3.90. The van der Waals surface area contributed by atoms with Crippen molar-refractivity contribution in [2.45, 2.75) is 0 Å². The molecule has 2 amide bonds. The quantitative estimate of drug-likeness (QED) is 0.143. The molecule has 0 radical (unpaired) electrons. The fourth-order valence-electron chi connectivity index (χ4n) is 3.52. The number of rotatable bonds is 9. The van der Waals surface area contributed by atoms with Crippen LogP contribution in [0, 0.1) is 0 Å². The zero-order valence-corrected chi connectivity index (χ0v) is 22.4. The molecule has 0 fully saturated rings. The second-order valence-electron chi connectivity index (χ2n) is 8.02. The van der Waals surface area contributed by atoms with Crippen LogP contribution in [0.25, 0.3) is 17.4 Å². The number of hydrogen-bond donors (Lipinski definition) is 2. The van der Waals surface area contributed by atoms with Crippen molar-refractivity contribution in [2.24, 2.45) is 5.10 Å². The molecule has 39 heavy (non-hydrogen) atoms. The van der Waals surface area contributed by atoms with E-state index in [1.807, 2.05) is 0 Å². The molecular formula is C29H23Cl2N3O5. The molecule has 0 bridgehead atoms. The van der Waals surface area contributed by atoms with Gasteiger partial charge in [0.2, 0.25) is 0 Å². The highest BCUT2D eigenvalue weighted by Gasteiger charge is 2.15. The number of ether oxygens (including phenoxy) is 2. The summed E-state index contributed by atoms with van der Waals surface area (Å²) < 4.78 is 16.4. The molecule has 2 N–H and O–H groups in total. The molecule has 0 unspecified atom stereocenters. The number of hydrogen-bond acceptors (Lipinski definition) is 6. The third-order valence-electron chi connectivity index (χ3n) is 5.43. The minimum absolute atomic E-state index is 0.0425. The van der Waals surface area contributed by atoms with E-state index in [4.69, 9.17) is 37.1 Å². The lowest BCUT2D eigenvalue weighted by atomic mass is 10.1. The fraction of sp³-hybridized carbons (Fsp3) is 0.0690. The van der Waals surface area contributed by atoms with Gasteiger partial charge in [-0.15, -0.1) is 0 Å². The first-order valence-electron chi connectivity index (χ1n) is 11.6. The lowest BCUT2D eigenvalue weighted by Gasteiger charge is -2.11. The Labute approximate surface area is 234 Å². The first-order valence-corrected chi connectivity index (χ1v) is 12.3. The van der Waals surface area contributed by atoms with Gasteiger partial charge < -0.3 is 19.2 Å². The first kappa shape index (κ1) is 27.5. The number of carbonyl (C=O) groups is 2. The zero-order valence-electron chi connectivity index (χ0n) is 20.9. The van der Waals surface area contributed by atoms with Gasteiger partial charge in [-0.25, -0.2) is 5.43 Å². The molecule has 1 heterocycles. The van der Waals surface area contributed by atoms with Crippen molar-refractivity contribution in [1.82, 2.24) is 10.7 Å². The van der Waals surface area contributed by atoms with Gasteiger partial charge in [0.1, 0.15) is 17.2 Å². The average Bonchev–Trinajstić information content (AvgIpc) is 3.42. The number of nitrogens with zero attached hydrogens (tertiary/aromatic N) is 1. The predicted octanol–water partition coefficient (Wildman–Crippen LogP) is 6.19. The number of halogens is 2. The monoisotopic (exact) mass is 563 g/mol. The summed E-state index contributed by atoms with van der Waals surface area (Å²) in [5.41, 5.74) is 3.96. The smallest absolute Gasteiger partial charge is 0.287 e. The molecule has 198 valence electrons. The van der Waals surface area contributed by atoms with Crippen molar-refractivity contribution in [2.75, 3.05) is 14.2 Å². The standard InChI is InChI=1S/C29H23Cl2N3O5/c1-37-26-12-8-18(15-27(26)38-2)14-24(33-28(35)19-6-4-3-5-7-19)29(36)34-32-17-21-10-13-25(39-21)22-16-20(30)9-11-23(22)31/h3-17H,1-2H3,(H,33,35)(H,34,36). The molecule has 4 rings (SSSR count). The summed E-state index contributed by atoms with van der Waals surface area (Å²) >= 11 is 12.3. The van der Waals surface area contributed by atoms with Crippen molar-refractivity contribution in [3.05, 3.63) is 111 Å². The van der Waals surface area contributed by atoms with Crippen molar-refractivity contribution >= 4 is 47.3 Å². The molecule has 1 aromatic heterocycles. The van der Waals surface area contributed by atoms with E-state index >= 15 is 0 Å². The van der Waals surface area contributed by atoms with Gasteiger partial charge in [0.25, 0.3) is 11.8 Å². The van der Waals surface area contributed by atoms with Crippen LogP contribution in [-0.4, -0.2) is 32.2 Å². The predicted molar refractivity (Wildman–Crippen MR) is 151 cm³/mol. The Bertz CT molecular complexity index is 1550. The molecule has 3 aromatic carbocycles. The average molecular weight is 564 g/mol. The first-order chi connectivity index (χ1) is 18.9. The Morgan fingerprint density at radius 2 is 1.67 bits per heavy atom. The van der Waals surface area contributed by atoms with E-state index in [0.29, 0.717) is 49.8 Å². The maximum Gasteiger partial charge on any atom is 0.287 e. The second kappa shape index (κ2) is 12.8. The Balaban J connectivity index is 1.55. The molecule has 0 saturated carbocycles. The minimum Gasteiger partial charge on any atom is -0.493 e. The Kier molecular flexibility index (Phi) is 9.04. The molecule has 10 heteroatoms. The van der Waals surface area contributed by atoms with Gasteiger partial charge in [0, 0.05) is 16.1 Å². The molecular weight excluding hydrogens is 541 g/mol. The normalized spacial score (nSPS) is 11.3. The maximum absolute atomic E-state index is 13.1. The molecule has 0 saturated heterocycles. The summed E-state index contributed by atoms with van der Waals surface area (Å²) in [6.07, 6.45) is 2.83. The van der Waals surface area contributed by atoms with Crippen molar-refractivity contribution < 1.29 is 23.5 Å². The van der Waals surface area contributed by atoms with Gasteiger partial charge in [-0.3, -0.25) is 9.59 Å². The van der Waals surface area contributed by atoms with E-state index in [1.165, 1.54) is 26.5 Å². The summed E-state index contributed by atoms with van der Waals surface area (Å²) in [4.78, 5) is 25.9. The van der Waals surface area contributed by atoms with E-state index in [1.54, 1.807) is 78.9 Å². The van der Waals surface area contributed by atoms with Gasteiger partial charge in [0.05, 0.1) is 25.5 Å². The number of methoxy groups -OCH3 is 2. The van der Waals surface area contributed by atoms with Crippen LogP contribution in [0.5, 0.6) is 11.5 Å². The third-order valence-corrected chi connectivity index (χ3v) is 5.99. The van der Waals surface area contributed by atoms with Gasteiger partial charge in [-0.05, 0) is 66.2 Å². The minimum atomic E-state index is -0.657. The van der Waals surface area contributed by atoms with E-state index in [-0.39, 0.29) is 5.70 Å². The van der Waals surface area contributed by atoms with Crippen LogP contribution < -0.4 is 20.2 Å². The van der Waals surface area contributed by atoms with Crippen LogP contribution in [0.15, 0.2) is 94.1 Å². The van der Waals surface area contributed by atoms with Crippen molar-refractivity contribution in [3.63, 3.8) is 0 Å². The third kappa shape index (κ3) is 7.07. The highest BCUT2D eigenvalue weighted by Crippen LogP contribution is 2.31. The van der Waals surface area contributed by atoms with E-state index < -0.39 is 11.8 Å². The molecule has 0 aliphatic rings. The molecule has 0 atom stereocenters. The highest BCUT2D eigenvalue weighted by atomic mass is 35.5. The summed E-state index contributed by atoms with van der Waals surface area (Å²) in [6.45, 7) is 0. The van der Waals surface area contributed by atoms with E-state index in [9.17, 15) is 9.59 Å². The van der Waals surface area contributed by atoms with Crippen LogP contribution in [0.3, 0.4) is 0 Å². The summed E-state index contributed by atoms with van der Waals surface area (Å²) in [6, 6.07) is 22.0. The molecule has 4 aromatic rings. The number of hydrazone groups is 1. The number of benzene rings is 3. The van der Waals surface area contributed by atoms with Crippen LogP contribution in [-0.2, 0) is 4.79 Å². The second-order valence-corrected chi connectivity index (χ2v) is 8.86. The summed E-state index contributed by atoms with van der Waals surface area (Å²) in [5.74, 6) is 0.715. The lowest BCUT2D eigenvalue weighted by molar-refractivity contribution is -0.117. The largest absolute Gasteiger partial charge is 0.493 e. The van der Waals surface area contributed by atoms with Crippen molar-refractivity contribution in [3.8, 4) is 22.8 Å². The number of nitrogens with one attached hydrogen (secondary N) is 2. The van der Waals surface area contributed by atoms with Crippen LogP contribution in [0.2, 0.25) is 10.0 Å². The molecule has 0 aliphatic carbocycles. The Morgan fingerprint density at radius 3 is 2.41 bits per heavy atom. The Morgan fingerprint density at radius 1 is 0.897 bits per heavy atom. The van der Waals surface area contributed by atoms with Crippen LogP contribution in [0.1, 0.15) is 21.7 Å². The summed E-state index contributed by atoms with van der Waals surface area (Å²) in [7, 11) is 3.03. The van der Waals surface area contributed by atoms with Crippen LogP contribution in [0.4, 0.5) is 0 Å². The topological polar surface area (TPSA) is 102 Å². The Hall–Kier alpha value is -4.53. The van der Waals surface area contributed by atoms with Crippen molar-refractivity contribution in [1.29, 1.82) is 0 Å². The van der Waals surface area contributed by atoms with Gasteiger partial charge in [-0.2, -0.15) is 5.10 Å². The number of amides is 2. The number of furan rings is 1. The molecule has 0 aliphatic heterocycles. The molecule has 8 nitrogen and oxygen atoms in total. The maximum atomic E-state index is 13.1. The summed E-state index contributed by atoms with van der Waals surface area (Å²) in [5, 5.41) is 7.62.